The Hall–Kier alpha value is -3.03. The maximum Gasteiger partial charge on any atom is 0.422 e. The number of ether oxygens (including phenoxy) is 1. The van der Waals surface area contributed by atoms with Crippen molar-refractivity contribution in [3.8, 4) is 5.75 Å². The third kappa shape index (κ3) is 3.96. The Kier molecular flexibility index (Phi) is 4.83. The molecule has 3 rings (SSSR count). The molecule has 26 heavy (non-hydrogen) atoms. The highest BCUT2D eigenvalue weighted by molar-refractivity contribution is 5.93. The number of pyridine rings is 1. The zero-order chi connectivity index (χ0) is 18.7. The molecule has 0 fully saturated rings. The maximum atomic E-state index is 12.3. The number of nitrogens with zero attached hydrogens (tertiary/aromatic N) is 4. The van der Waals surface area contributed by atoms with Gasteiger partial charge in [0.15, 0.2) is 6.61 Å². The zero-order valence-corrected chi connectivity index (χ0v) is 13.3. The highest BCUT2D eigenvalue weighted by Crippen LogP contribution is 2.27. The molecule has 1 unspecified atom stereocenters. The molecule has 3 aromatic rings. The van der Waals surface area contributed by atoms with Crippen LogP contribution in [0.4, 0.5) is 13.2 Å². The van der Waals surface area contributed by atoms with Gasteiger partial charge in [-0.15, -0.1) is 0 Å². The number of alkyl halides is 3. The topological polar surface area (TPSA) is 91.1 Å². The first-order chi connectivity index (χ1) is 12.4. The van der Waals surface area contributed by atoms with Gasteiger partial charge in [0.25, 0.3) is 0 Å². The normalized spacial score (nSPS) is 12.8. The van der Waals surface area contributed by atoms with E-state index in [-0.39, 0.29) is 12.4 Å². The number of azide groups is 1. The van der Waals surface area contributed by atoms with Crippen LogP contribution in [-0.4, -0.2) is 29.5 Å². The zero-order valence-electron chi connectivity index (χ0n) is 13.3. The lowest BCUT2D eigenvalue weighted by Crippen LogP contribution is -2.19. The molecule has 0 saturated heterocycles. The molecule has 1 N–H and O–H groups in total. The molecule has 1 aromatic heterocycles. The number of fused-ring (bicyclic) bond motifs is 2. The summed E-state index contributed by atoms with van der Waals surface area (Å²) in [5.41, 5.74) is 10.2. The molecule has 0 spiro atoms. The summed E-state index contributed by atoms with van der Waals surface area (Å²) in [4.78, 5) is 7.14. The molecule has 2 aromatic carbocycles. The monoisotopic (exact) mass is 362 g/mol. The molecule has 134 valence electrons. The van der Waals surface area contributed by atoms with Gasteiger partial charge in [-0.05, 0) is 35.4 Å². The first kappa shape index (κ1) is 17.8. The van der Waals surface area contributed by atoms with Crippen LogP contribution in [0.3, 0.4) is 0 Å². The third-order valence-corrected chi connectivity index (χ3v) is 3.76. The van der Waals surface area contributed by atoms with Crippen molar-refractivity contribution in [2.45, 2.75) is 12.2 Å². The number of hydrogen-bond acceptors (Lipinski definition) is 4. The van der Waals surface area contributed by atoms with Crippen molar-refractivity contribution in [3.63, 3.8) is 0 Å². The molecule has 0 bridgehead atoms. The van der Waals surface area contributed by atoms with Gasteiger partial charge in [-0.2, -0.15) is 13.2 Å². The second kappa shape index (κ2) is 7.07. The van der Waals surface area contributed by atoms with Gasteiger partial charge < -0.3 is 9.84 Å². The Bertz CT molecular complexity index is 1000. The van der Waals surface area contributed by atoms with E-state index in [0.29, 0.717) is 16.6 Å². The van der Waals surface area contributed by atoms with Gasteiger partial charge in [-0.1, -0.05) is 17.2 Å². The fraction of sp³-hybridized carbons (Fsp3) is 0.235. The van der Waals surface area contributed by atoms with Crippen LogP contribution in [0.2, 0.25) is 0 Å². The summed E-state index contributed by atoms with van der Waals surface area (Å²) in [6.45, 7) is -1.72. The lowest BCUT2D eigenvalue weighted by Gasteiger charge is -2.11. The molecule has 1 atom stereocenters. The number of aliphatic hydroxyl groups excluding tert-OH is 1. The van der Waals surface area contributed by atoms with E-state index >= 15 is 0 Å². The van der Waals surface area contributed by atoms with Gasteiger partial charge in [0.05, 0.1) is 23.7 Å². The SMILES string of the molecule is [N-]=[N+]=NC(CO)c1ccc2cc3ccc(OCC(F)(F)F)cc3nc2c1. The molecule has 6 nitrogen and oxygen atoms in total. The Morgan fingerprint density at radius 1 is 1.12 bits per heavy atom. The van der Waals surface area contributed by atoms with Crippen LogP contribution in [0.5, 0.6) is 5.75 Å². The molecule has 0 aliphatic rings. The van der Waals surface area contributed by atoms with Gasteiger partial charge in [0, 0.05) is 21.8 Å². The molecule has 0 saturated carbocycles. The predicted octanol–water partition coefficient (Wildman–Crippen LogP) is 4.67. The maximum absolute atomic E-state index is 12.3. The van der Waals surface area contributed by atoms with E-state index < -0.39 is 18.8 Å². The Morgan fingerprint density at radius 2 is 1.81 bits per heavy atom. The van der Waals surface area contributed by atoms with Crippen LogP contribution in [-0.2, 0) is 0 Å². The molecule has 0 aliphatic carbocycles. The molecule has 0 aliphatic heterocycles. The van der Waals surface area contributed by atoms with Crippen LogP contribution in [0, 0.1) is 0 Å². The summed E-state index contributed by atoms with van der Waals surface area (Å²) in [7, 11) is 0. The fourth-order valence-corrected chi connectivity index (χ4v) is 2.55. The van der Waals surface area contributed by atoms with Gasteiger partial charge in [0.2, 0.25) is 0 Å². The number of aliphatic hydroxyl groups is 1. The summed E-state index contributed by atoms with van der Waals surface area (Å²) in [6.07, 6.45) is -4.42. The van der Waals surface area contributed by atoms with E-state index in [1.807, 2.05) is 6.07 Å². The molecular weight excluding hydrogens is 349 g/mol. The predicted molar refractivity (Wildman–Crippen MR) is 89.8 cm³/mol. The Labute approximate surface area is 145 Å². The van der Waals surface area contributed by atoms with Crippen molar-refractivity contribution in [3.05, 3.63) is 58.5 Å². The van der Waals surface area contributed by atoms with E-state index in [1.54, 1.807) is 24.3 Å². The lowest BCUT2D eigenvalue weighted by atomic mass is 10.0. The molecule has 0 amide bonds. The minimum Gasteiger partial charge on any atom is -0.484 e. The number of hydrogen-bond donors (Lipinski definition) is 1. The first-order valence-electron chi connectivity index (χ1n) is 7.59. The molecular formula is C17H13F3N4O2. The van der Waals surface area contributed by atoms with E-state index in [4.69, 9.17) is 10.3 Å². The Balaban J connectivity index is 2.01. The number of rotatable bonds is 5. The van der Waals surface area contributed by atoms with Crippen molar-refractivity contribution in [2.24, 2.45) is 5.11 Å². The van der Waals surface area contributed by atoms with Gasteiger partial charge in [-0.25, -0.2) is 4.98 Å². The van der Waals surface area contributed by atoms with Crippen LogP contribution >= 0.6 is 0 Å². The van der Waals surface area contributed by atoms with E-state index in [2.05, 4.69) is 15.0 Å². The van der Waals surface area contributed by atoms with Crippen LogP contribution in [0.25, 0.3) is 32.2 Å². The minimum atomic E-state index is -4.42. The third-order valence-electron chi connectivity index (χ3n) is 3.76. The summed E-state index contributed by atoms with van der Waals surface area (Å²) in [5.74, 6) is 0.0696. The molecule has 9 heteroatoms. The second-order valence-corrected chi connectivity index (χ2v) is 5.60. The van der Waals surface area contributed by atoms with E-state index in [1.165, 1.54) is 12.1 Å². The van der Waals surface area contributed by atoms with Crippen molar-refractivity contribution in [2.75, 3.05) is 13.2 Å². The second-order valence-electron chi connectivity index (χ2n) is 5.60. The van der Waals surface area contributed by atoms with Crippen LogP contribution in [0.1, 0.15) is 11.6 Å². The Morgan fingerprint density at radius 3 is 2.46 bits per heavy atom. The van der Waals surface area contributed by atoms with Gasteiger partial charge >= 0.3 is 6.18 Å². The summed E-state index contributed by atoms with van der Waals surface area (Å²) in [6, 6.07) is 10.8. The summed E-state index contributed by atoms with van der Waals surface area (Å²) >= 11 is 0. The van der Waals surface area contributed by atoms with Gasteiger partial charge in [0.1, 0.15) is 5.75 Å². The summed E-state index contributed by atoms with van der Waals surface area (Å²) in [5, 5.41) is 14.4. The largest absolute Gasteiger partial charge is 0.484 e. The highest BCUT2D eigenvalue weighted by atomic mass is 19.4. The van der Waals surface area contributed by atoms with E-state index in [0.717, 1.165) is 10.8 Å². The first-order valence-corrected chi connectivity index (χ1v) is 7.59. The van der Waals surface area contributed by atoms with E-state index in [9.17, 15) is 18.3 Å². The smallest absolute Gasteiger partial charge is 0.422 e. The number of halogens is 3. The quantitative estimate of drug-likeness (QED) is 0.309. The minimum absolute atomic E-state index is 0.0696. The van der Waals surface area contributed by atoms with Crippen molar-refractivity contribution in [1.82, 2.24) is 4.98 Å². The molecule has 1 heterocycles. The van der Waals surface area contributed by atoms with Crippen LogP contribution < -0.4 is 4.74 Å². The molecule has 0 radical (unpaired) electrons. The average Bonchev–Trinajstić information content (AvgIpc) is 2.61. The van der Waals surface area contributed by atoms with Crippen molar-refractivity contribution >= 4 is 21.8 Å². The van der Waals surface area contributed by atoms with Crippen molar-refractivity contribution < 1.29 is 23.0 Å². The van der Waals surface area contributed by atoms with Gasteiger partial charge in [-0.3, -0.25) is 0 Å². The average molecular weight is 362 g/mol. The van der Waals surface area contributed by atoms with Crippen molar-refractivity contribution in [1.29, 1.82) is 0 Å². The summed E-state index contributed by atoms with van der Waals surface area (Å²) < 4.78 is 41.6. The number of benzene rings is 2. The standard InChI is InChI=1S/C17H13F3N4O2/c18-17(19,20)9-26-13-4-3-11-5-10-1-2-12(16(8-25)23-24-21)6-14(10)22-15(11)7-13/h1-7,16,25H,8-9H2. The lowest BCUT2D eigenvalue weighted by molar-refractivity contribution is -0.153. The van der Waals surface area contributed by atoms with Crippen LogP contribution in [0.15, 0.2) is 47.6 Å². The highest BCUT2D eigenvalue weighted by Gasteiger charge is 2.28. The number of aromatic nitrogens is 1. The fourth-order valence-electron chi connectivity index (χ4n) is 2.55.